The number of anilines is 1. The SMILES string of the molecule is Cc1ccc(C(=O)Nc2ccccc2C(=O)NC(Cc2ccccc2)C(=O)[O-])cc1. The van der Waals surface area contributed by atoms with Gasteiger partial charge in [0.1, 0.15) is 0 Å². The highest BCUT2D eigenvalue weighted by Crippen LogP contribution is 2.17. The predicted octanol–water partition coefficient (Wildman–Crippen LogP) is 2.34. The van der Waals surface area contributed by atoms with Crippen LogP contribution in [0.15, 0.2) is 78.9 Å². The van der Waals surface area contributed by atoms with Gasteiger partial charge in [0.2, 0.25) is 0 Å². The van der Waals surface area contributed by atoms with Crippen LogP contribution in [0.1, 0.15) is 31.8 Å². The van der Waals surface area contributed by atoms with Crippen LogP contribution < -0.4 is 15.7 Å². The molecular weight excluding hydrogens is 380 g/mol. The van der Waals surface area contributed by atoms with Gasteiger partial charge in [-0.2, -0.15) is 0 Å². The van der Waals surface area contributed by atoms with Crippen LogP contribution in [0.4, 0.5) is 5.69 Å². The minimum Gasteiger partial charge on any atom is -0.548 e. The van der Waals surface area contributed by atoms with Crippen LogP contribution in [0.25, 0.3) is 0 Å². The second-order valence-electron chi connectivity index (χ2n) is 6.90. The number of nitrogens with one attached hydrogen (secondary N) is 2. The van der Waals surface area contributed by atoms with Crippen LogP contribution in [0.5, 0.6) is 0 Å². The lowest BCUT2D eigenvalue weighted by Gasteiger charge is -2.21. The maximum Gasteiger partial charge on any atom is 0.255 e. The summed E-state index contributed by atoms with van der Waals surface area (Å²) in [5.74, 6) is -2.36. The van der Waals surface area contributed by atoms with Crippen molar-refractivity contribution in [1.82, 2.24) is 5.32 Å². The molecule has 6 nitrogen and oxygen atoms in total. The average molecular weight is 401 g/mol. The van der Waals surface area contributed by atoms with Crippen LogP contribution in [0.3, 0.4) is 0 Å². The second kappa shape index (κ2) is 9.52. The van der Waals surface area contributed by atoms with Gasteiger partial charge in [-0.1, -0.05) is 60.2 Å². The first-order chi connectivity index (χ1) is 14.4. The van der Waals surface area contributed by atoms with Crippen molar-refractivity contribution in [2.75, 3.05) is 5.32 Å². The average Bonchev–Trinajstić information content (AvgIpc) is 2.74. The Labute approximate surface area is 174 Å². The molecule has 0 spiro atoms. The van der Waals surface area contributed by atoms with E-state index in [4.69, 9.17) is 0 Å². The summed E-state index contributed by atoms with van der Waals surface area (Å²) in [4.78, 5) is 36.9. The van der Waals surface area contributed by atoms with E-state index >= 15 is 0 Å². The topological polar surface area (TPSA) is 98.3 Å². The van der Waals surface area contributed by atoms with E-state index in [0.29, 0.717) is 5.56 Å². The number of carbonyl (C=O) groups is 3. The van der Waals surface area contributed by atoms with Crippen LogP contribution in [0.2, 0.25) is 0 Å². The van der Waals surface area contributed by atoms with Crippen molar-refractivity contribution in [3.8, 4) is 0 Å². The Morgan fingerprint density at radius 3 is 2.13 bits per heavy atom. The van der Waals surface area contributed by atoms with Gasteiger partial charge in [-0.25, -0.2) is 0 Å². The highest BCUT2D eigenvalue weighted by atomic mass is 16.4. The number of rotatable bonds is 7. The van der Waals surface area contributed by atoms with Crippen LogP contribution >= 0.6 is 0 Å². The minimum absolute atomic E-state index is 0.0901. The molecule has 3 aromatic carbocycles. The highest BCUT2D eigenvalue weighted by molar-refractivity contribution is 6.09. The van der Waals surface area contributed by atoms with Crippen molar-refractivity contribution in [2.24, 2.45) is 0 Å². The maximum absolute atomic E-state index is 12.8. The number of para-hydroxylation sites is 1. The molecule has 0 saturated carbocycles. The van der Waals surface area contributed by atoms with E-state index in [0.717, 1.165) is 11.1 Å². The number of aryl methyl sites for hydroxylation is 1. The number of hydrogen-bond acceptors (Lipinski definition) is 4. The summed E-state index contributed by atoms with van der Waals surface area (Å²) < 4.78 is 0. The Balaban J connectivity index is 1.76. The molecule has 0 radical (unpaired) electrons. The molecule has 3 aromatic rings. The zero-order valence-corrected chi connectivity index (χ0v) is 16.4. The lowest BCUT2D eigenvalue weighted by molar-refractivity contribution is -0.308. The van der Waals surface area contributed by atoms with Crippen molar-refractivity contribution in [1.29, 1.82) is 0 Å². The highest BCUT2D eigenvalue weighted by Gasteiger charge is 2.19. The molecule has 0 aromatic heterocycles. The molecule has 0 aliphatic heterocycles. The minimum atomic E-state index is -1.38. The molecule has 0 aliphatic rings. The Bertz CT molecular complexity index is 1050. The molecule has 0 saturated heterocycles. The third-order valence-electron chi connectivity index (χ3n) is 4.61. The fourth-order valence-electron chi connectivity index (χ4n) is 2.97. The number of hydrogen-bond donors (Lipinski definition) is 2. The summed E-state index contributed by atoms with van der Waals surface area (Å²) in [6.07, 6.45) is 0.0901. The standard InChI is InChI=1S/C24H22N2O4/c1-16-11-13-18(14-12-16)22(27)25-20-10-6-5-9-19(20)23(28)26-21(24(29)30)15-17-7-3-2-4-8-17/h2-14,21H,15H2,1H3,(H,25,27)(H,26,28)(H,29,30)/p-1. The number of benzene rings is 3. The van der Waals surface area contributed by atoms with Crippen LogP contribution in [-0.4, -0.2) is 23.8 Å². The van der Waals surface area contributed by atoms with E-state index in [9.17, 15) is 19.5 Å². The molecular formula is C24H21N2O4-. The first-order valence-corrected chi connectivity index (χ1v) is 9.47. The van der Waals surface area contributed by atoms with Gasteiger partial charge in [0, 0.05) is 5.56 Å². The zero-order chi connectivity index (χ0) is 21.5. The third-order valence-corrected chi connectivity index (χ3v) is 4.61. The predicted molar refractivity (Wildman–Crippen MR) is 112 cm³/mol. The van der Waals surface area contributed by atoms with Gasteiger partial charge in [-0.3, -0.25) is 9.59 Å². The maximum atomic E-state index is 12.8. The number of carbonyl (C=O) groups excluding carboxylic acids is 3. The summed E-state index contributed by atoms with van der Waals surface area (Å²) in [5.41, 5.74) is 2.69. The van der Waals surface area contributed by atoms with Crippen molar-refractivity contribution >= 4 is 23.5 Å². The summed E-state index contributed by atoms with van der Waals surface area (Å²) in [6, 6.07) is 21.2. The lowest BCUT2D eigenvalue weighted by Crippen LogP contribution is -2.49. The van der Waals surface area contributed by atoms with E-state index < -0.39 is 17.9 Å². The van der Waals surface area contributed by atoms with Gasteiger partial charge in [0.05, 0.1) is 23.3 Å². The van der Waals surface area contributed by atoms with Gasteiger partial charge >= 0.3 is 0 Å². The quantitative estimate of drug-likeness (QED) is 0.635. The molecule has 0 aliphatic carbocycles. The molecule has 1 atom stereocenters. The smallest absolute Gasteiger partial charge is 0.255 e. The van der Waals surface area contributed by atoms with Crippen molar-refractivity contribution < 1.29 is 19.5 Å². The fraction of sp³-hybridized carbons (Fsp3) is 0.125. The largest absolute Gasteiger partial charge is 0.548 e. The van der Waals surface area contributed by atoms with Crippen molar-refractivity contribution in [3.63, 3.8) is 0 Å². The third kappa shape index (κ3) is 5.32. The Morgan fingerprint density at radius 1 is 0.833 bits per heavy atom. The monoisotopic (exact) mass is 401 g/mol. The number of amides is 2. The summed E-state index contributed by atoms with van der Waals surface area (Å²) >= 11 is 0. The first kappa shape index (κ1) is 20.8. The molecule has 6 heteroatoms. The molecule has 0 heterocycles. The number of aliphatic carboxylic acids is 1. The van der Waals surface area contributed by atoms with E-state index in [1.807, 2.05) is 25.1 Å². The summed E-state index contributed by atoms with van der Waals surface area (Å²) in [5, 5.41) is 16.8. The van der Waals surface area contributed by atoms with Gasteiger partial charge in [-0.05, 0) is 43.2 Å². The second-order valence-corrected chi connectivity index (χ2v) is 6.90. The summed E-state index contributed by atoms with van der Waals surface area (Å²) in [7, 11) is 0. The first-order valence-electron chi connectivity index (χ1n) is 9.47. The van der Waals surface area contributed by atoms with Crippen molar-refractivity contribution in [3.05, 3.63) is 101 Å². The van der Waals surface area contributed by atoms with E-state index in [1.54, 1.807) is 54.6 Å². The van der Waals surface area contributed by atoms with Crippen LogP contribution in [-0.2, 0) is 11.2 Å². The summed E-state index contributed by atoms with van der Waals surface area (Å²) in [6.45, 7) is 1.92. The Kier molecular flexibility index (Phi) is 6.60. The van der Waals surface area contributed by atoms with Gasteiger partial charge in [0.15, 0.2) is 0 Å². The molecule has 152 valence electrons. The van der Waals surface area contributed by atoms with Crippen molar-refractivity contribution in [2.45, 2.75) is 19.4 Å². The molecule has 1 unspecified atom stereocenters. The molecule has 0 bridgehead atoms. The Hall–Kier alpha value is -3.93. The number of carboxylic acids is 1. The molecule has 2 N–H and O–H groups in total. The molecule has 0 fully saturated rings. The molecule has 2 amide bonds. The van der Waals surface area contributed by atoms with Gasteiger partial charge in [-0.15, -0.1) is 0 Å². The fourth-order valence-corrected chi connectivity index (χ4v) is 2.97. The van der Waals surface area contributed by atoms with E-state index in [-0.39, 0.29) is 23.6 Å². The van der Waals surface area contributed by atoms with E-state index in [1.165, 1.54) is 6.07 Å². The van der Waals surface area contributed by atoms with E-state index in [2.05, 4.69) is 10.6 Å². The normalized spacial score (nSPS) is 11.4. The molecule has 30 heavy (non-hydrogen) atoms. The number of carboxylic acid groups (broad SMARTS) is 1. The van der Waals surface area contributed by atoms with Gasteiger partial charge < -0.3 is 20.5 Å². The zero-order valence-electron chi connectivity index (χ0n) is 16.4. The van der Waals surface area contributed by atoms with Gasteiger partial charge in [0.25, 0.3) is 11.8 Å². The molecule has 3 rings (SSSR count). The Morgan fingerprint density at radius 2 is 1.47 bits per heavy atom. The van der Waals surface area contributed by atoms with Crippen LogP contribution in [0, 0.1) is 6.92 Å². The lowest BCUT2D eigenvalue weighted by atomic mass is 10.0.